The molecule has 0 aromatic heterocycles. The number of esters is 1. The molecule has 0 heterocycles. The topological polar surface area (TPSA) is 26.3 Å². The number of carbonyl (C=O) groups is 1. The zero-order valence-corrected chi connectivity index (χ0v) is 10.2. The Morgan fingerprint density at radius 1 is 1.31 bits per heavy atom. The third kappa shape index (κ3) is 2.47. The molecule has 2 aliphatic rings. The number of fused-ring (bicyclic) bond motifs is 1. The molecular formula is C14H22O2. The fraction of sp³-hybridized carbons (Fsp3) is 0.786. The van der Waals surface area contributed by atoms with Gasteiger partial charge in [-0.15, -0.1) is 0 Å². The predicted octanol–water partition coefficient (Wildman–Crippen LogP) is 3.32. The van der Waals surface area contributed by atoms with E-state index in [1.54, 1.807) is 6.92 Å². The lowest BCUT2D eigenvalue weighted by Crippen LogP contribution is -2.14. The Morgan fingerprint density at radius 3 is 2.88 bits per heavy atom. The van der Waals surface area contributed by atoms with Gasteiger partial charge in [-0.25, -0.2) is 4.79 Å². The lowest BCUT2D eigenvalue weighted by molar-refractivity contribution is -0.139. The molecule has 2 saturated carbocycles. The van der Waals surface area contributed by atoms with Crippen LogP contribution in [0.25, 0.3) is 0 Å². The third-order valence-corrected chi connectivity index (χ3v) is 4.30. The molecule has 0 aromatic carbocycles. The van der Waals surface area contributed by atoms with Gasteiger partial charge in [0, 0.05) is 5.57 Å². The first-order valence-corrected chi connectivity index (χ1v) is 6.51. The first kappa shape index (κ1) is 11.7. The van der Waals surface area contributed by atoms with Gasteiger partial charge in [0.15, 0.2) is 0 Å². The second kappa shape index (κ2) is 5.03. The van der Waals surface area contributed by atoms with E-state index in [2.05, 4.69) is 6.58 Å². The van der Waals surface area contributed by atoms with Crippen molar-refractivity contribution in [2.45, 2.75) is 45.4 Å². The summed E-state index contributed by atoms with van der Waals surface area (Å²) in [5.74, 6) is 2.50. The standard InChI is InChI=1S/C14H22O2/c1-10(2)14(15)16-9-8-12-7-6-11-4-3-5-13(11)12/h11-13H,1,3-9H2,2H3. The number of ether oxygens (including phenoxy) is 1. The Bertz CT molecular complexity index is 282. The molecule has 0 spiro atoms. The van der Waals surface area contributed by atoms with Gasteiger partial charge >= 0.3 is 5.97 Å². The normalized spacial score (nSPS) is 32.4. The van der Waals surface area contributed by atoms with E-state index in [-0.39, 0.29) is 5.97 Å². The molecule has 0 radical (unpaired) electrons. The molecule has 90 valence electrons. The first-order chi connectivity index (χ1) is 7.68. The summed E-state index contributed by atoms with van der Waals surface area (Å²) >= 11 is 0. The summed E-state index contributed by atoms with van der Waals surface area (Å²) in [5.41, 5.74) is 0.505. The zero-order chi connectivity index (χ0) is 11.5. The van der Waals surface area contributed by atoms with Gasteiger partial charge in [-0.2, -0.15) is 0 Å². The van der Waals surface area contributed by atoms with Crippen LogP contribution in [0, 0.1) is 17.8 Å². The minimum atomic E-state index is -0.235. The third-order valence-electron chi connectivity index (χ3n) is 4.30. The Hall–Kier alpha value is -0.790. The molecule has 2 nitrogen and oxygen atoms in total. The highest BCUT2D eigenvalue weighted by molar-refractivity contribution is 5.86. The van der Waals surface area contributed by atoms with E-state index >= 15 is 0 Å². The first-order valence-electron chi connectivity index (χ1n) is 6.51. The smallest absolute Gasteiger partial charge is 0.333 e. The van der Waals surface area contributed by atoms with E-state index in [1.165, 1.54) is 32.1 Å². The van der Waals surface area contributed by atoms with Crippen molar-refractivity contribution < 1.29 is 9.53 Å². The fourth-order valence-electron chi connectivity index (χ4n) is 3.47. The molecule has 0 saturated heterocycles. The van der Waals surface area contributed by atoms with Crippen LogP contribution in [0.2, 0.25) is 0 Å². The monoisotopic (exact) mass is 222 g/mol. The molecule has 3 atom stereocenters. The minimum Gasteiger partial charge on any atom is -0.462 e. The van der Waals surface area contributed by atoms with E-state index in [4.69, 9.17) is 4.74 Å². The van der Waals surface area contributed by atoms with Crippen LogP contribution in [0.3, 0.4) is 0 Å². The average molecular weight is 222 g/mol. The lowest BCUT2D eigenvalue weighted by atomic mass is 9.90. The van der Waals surface area contributed by atoms with Gasteiger partial charge in [0.25, 0.3) is 0 Å². The van der Waals surface area contributed by atoms with Crippen molar-refractivity contribution in [3.63, 3.8) is 0 Å². The molecule has 2 rings (SSSR count). The zero-order valence-electron chi connectivity index (χ0n) is 10.2. The molecule has 0 bridgehead atoms. The molecule has 0 amide bonds. The van der Waals surface area contributed by atoms with Crippen LogP contribution in [-0.2, 0) is 9.53 Å². The van der Waals surface area contributed by atoms with Gasteiger partial charge in [0.2, 0.25) is 0 Å². The Labute approximate surface area is 98.1 Å². The van der Waals surface area contributed by atoms with E-state index in [9.17, 15) is 4.79 Å². The summed E-state index contributed by atoms with van der Waals surface area (Å²) in [6.07, 6.45) is 8.07. The fourth-order valence-corrected chi connectivity index (χ4v) is 3.47. The predicted molar refractivity (Wildman–Crippen MR) is 63.9 cm³/mol. The van der Waals surface area contributed by atoms with Crippen LogP contribution in [0.5, 0.6) is 0 Å². The van der Waals surface area contributed by atoms with Gasteiger partial charge < -0.3 is 4.74 Å². The summed E-state index contributed by atoms with van der Waals surface area (Å²) < 4.78 is 5.18. The second-order valence-corrected chi connectivity index (χ2v) is 5.40. The molecule has 2 aliphatic carbocycles. The maximum Gasteiger partial charge on any atom is 0.333 e. The molecule has 0 N–H and O–H groups in total. The van der Waals surface area contributed by atoms with Crippen LogP contribution in [0.4, 0.5) is 0 Å². The van der Waals surface area contributed by atoms with Gasteiger partial charge in [-0.1, -0.05) is 19.4 Å². The van der Waals surface area contributed by atoms with Crippen molar-refractivity contribution in [1.29, 1.82) is 0 Å². The van der Waals surface area contributed by atoms with Gasteiger partial charge in [0.1, 0.15) is 0 Å². The van der Waals surface area contributed by atoms with Gasteiger partial charge in [-0.3, -0.25) is 0 Å². The van der Waals surface area contributed by atoms with Crippen molar-refractivity contribution in [2.75, 3.05) is 6.61 Å². The Balaban J connectivity index is 1.70. The molecule has 2 fully saturated rings. The van der Waals surface area contributed by atoms with E-state index < -0.39 is 0 Å². The quantitative estimate of drug-likeness (QED) is 0.539. The number of carbonyl (C=O) groups excluding carboxylic acids is 1. The molecular weight excluding hydrogens is 200 g/mol. The lowest BCUT2D eigenvalue weighted by Gasteiger charge is -2.18. The van der Waals surface area contributed by atoms with Crippen molar-refractivity contribution in [1.82, 2.24) is 0 Å². The number of hydrogen-bond donors (Lipinski definition) is 0. The van der Waals surface area contributed by atoms with E-state index in [0.29, 0.717) is 12.2 Å². The summed E-state index contributed by atoms with van der Waals surface area (Å²) in [7, 11) is 0. The Morgan fingerprint density at radius 2 is 2.12 bits per heavy atom. The molecule has 2 heteroatoms. The Kier molecular flexibility index (Phi) is 3.67. The van der Waals surface area contributed by atoms with E-state index in [1.807, 2.05) is 0 Å². The largest absolute Gasteiger partial charge is 0.462 e. The summed E-state index contributed by atoms with van der Waals surface area (Å²) in [5, 5.41) is 0. The highest BCUT2D eigenvalue weighted by Gasteiger charge is 2.38. The highest BCUT2D eigenvalue weighted by Crippen LogP contribution is 2.48. The SMILES string of the molecule is C=C(C)C(=O)OCCC1CCC2CCCC21. The van der Waals surface area contributed by atoms with Crippen molar-refractivity contribution in [3.8, 4) is 0 Å². The molecule has 0 aliphatic heterocycles. The summed E-state index contributed by atoms with van der Waals surface area (Å²) in [4.78, 5) is 11.2. The van der Waals surface area contributed by atoms with Crippen LogP contribution in [0.15, 0.2) is 12.2 Å². The number of hydrogen-bond acceptors (Lipinski definition) is 2. The van der Waals surface area contributed by atoms with Crippen molar-refractivity contribution in [3.05, 3.63) is 12.2 Å². The maximum absolute atomic E-state index is 11.2. The van der Waals surface area contributed by atoms with Crippen molar-refractivity contribution >= 4 is 5.97 Å². The van der Waals surface area contributed by atoms with E-state index in [0.717, 1.165) is 24.2 Å². The average Bonchev–Trinajstić information content (AvgIpc) is 2.81. The van der Waals surface area contributed by atoms with Crippen molar-refractivity contribution in [2.24, 2.45) is 17.8 Å². The second-order valence-electron chi connectivity index (χ2n) is 5.40. The van der Waals surface area contributed by atoms with Crippen LogP contribution >= 0.6 is 0 Å². The summed E-state index contributed by atoms with van der Waals surface area (Å²) in [6.45, 7) is 5.87. The van der Waals surface area contributed by atoms with Gasteiger partial charge in [0.05, 0.1) is 6.61 Å². The molecule has 0 aromatic rings. The number of rotatable bonds is 4. The van der Waals surface area contributed by atoms with Crippen LogP contribution in [-0.4, -0.2) is 12.6 Å². The summed E-state index contributed by atoms with van der Waals surface area (Å²) in [6, 6.07) is 0. The van der Waals surface area contributed by atoms with Gasteiger partial charge in [-0.05, 0) is 50.4 Å². The maximum atomic E-state index is 11.2. The highest BCUT2D eigenvalue weighted by atomic mass is 16.5. The molecule has 16 heavy (non-hydrogen) atoms. The minimum absolute atomic E-state index is 0.235. The van der Waals surface area contributed by atoms with Crippen LogP contribution < -0.4 is 0 Å². The molecule has 3 unspecified atom stereocenters. The van der Waals surface area contributed by atoms with Crippen LogP contribution in [0.1, 0.15) is 45.4 Å².